The predicted molar refractivity (Wildman–Crippen MR) is 82.2 cm³/mol. The highest BCUT2D eigenvalue weighted by Crippen LogP contribution is 2.43. The second kappa shape index (κ2) is 5.76. The fraction of sp³-hybridized carbons (Fsp3) is 0.647. The lowest BCUT2D eigenvalue weighted by molar-refractivity contribution is 0.171. The van der Waals surface area contributed by atoms with Crippen molar-refractivity contribution in [1.29, 1.82) is 0 Å². The molecule has 1 unspecified atom stereocenters. The molecule has 1 aromatic carbocycles. The Morgan fingerprint density at radius 2 is 2.19 bits per heavy atom. The third-order valence-electron chi connectivity index (χ3n) is 4.39. The molecule has 4 heteroatoms. The molecule has 0 spiro atoms. The van der Waals surface area contributed by atoms with E-state index < -0.39 is 0 Å². The summed E-state index contributed by atoms with van der Waals surface area (Å²) in [6.07, 6.45) is 4.71. The van der Waals surface area contributed by atoms with Gasteiger partial charge < -0.3 is 19.5 Å². The Morgan fingerprint density at radius 3 is 2.86 bits per heavy atom. The van der Waals surface area contributed by atoms with E-state index in [1.165, 1.54) is 24.8 Å². The maximum Gasteiger partial charge on any atom is 0.231 e. The fourth-order valence-electron chi connectivity index (χ4n) is 3.72. The standard InChI is InChI=1S/C17H25NO3/c1-12(2)9-17(5-4-6-18-17)10-13-7-14(19-3)16-15(8-13)20-11-21-16/h7-8,12,18H,4-6,9-11H2,1-3H3. The van der Waals surface area contributed by atoms with E-state index in [0.29, 0.717) is 5.92 Å². The van der Waals surface area contributed by atoms with Crippen LogP contribution in [0.15, 0.2) is 12.1 Å². The second-order valence-electron chi connectivity index (χ2n) is 6.62. The zero-order valence-electron chi connectivity index (χ0n) is 13.2. The normalized spacial score (nSPS) is 23.8. The van der Waals surface area contributed by atoms with Crippen LogP contribution in [-0.4, -0.2) is 26.0 Å². The number of benzene rings is 1. The largest absolute Gasteiger partial charge is 0.493 e. The van der Waals surface area contributed by atoms with Gasteiger partial charge in [-0.05, 0) is 55.8 Å². The Balaban J connectivity index is 1.86. The third kappa shape index (κ3) is 2.95. The molecule has 116 valence electrons. The number of fused-ring (bicyclic) bond motifs is 1. The zero-order chi connectivity index (χ0) is 14.9. The summed E-state index contributed by atoms with van der Waals surface area (Å²) in [5.41, 5.74) is 1.47. The van der Waals surface area contributed by atoms with E-state index >= 15 is 0 Å². The van der Waals surface area contributed by atoms with Gasteiger partial charge in [-0.2, -0.15) is 0 Å². The summed E-state index contributed by atoms with van der Waals surface area (Å²) in [5, 5.41) is 3.74. The summed E-state index contributed by atoms with van der Waals surface area (Å²) < 4.78 is 16.5. The number of nitrogens with one attached hydrogen (secondary N) is 1. The first-order valence-electron chi connectivity index (χ1n) is 7.83. The first kappa shape index (κ1) is 14.5. The van der Waals surface area contributed by atoms with Crippen molar-refractivity contribution in [1.82, 2.24) is 5.32 Å². The molecule has 1 saturated heterocycles. The van der Waals surface area contributed by atoms with Gasteiger partial charge in [-0.15, -0.1) is 0 Å². The summed E-state index contributed by atoms with van der Waals surface area (Å²) in [4.78, 5) is 0. The molecule has 1 atom stereocenters. The number of ether oxygens (including phenoxy) is 3. The monoisotopic (exact) mass is 291 g/mol. The molecule has 2 aliphatic rings. The topological polar surface area (TPSA) is 39.7 Å². The van der Waals surface area contributed by atoms with Crippen molar-refractivity contribution in [3.8, 4) is 17.2 Å². The van der Waals surface area contributed by atoms with E-state index in [0.717, 1.165) is 30.2 Å². The highest BCUT2D eigenvalue weighted by atomic mass is 16.7. The van der Waals surface area contributed by atoms with Gasteiger partial charge in [0.2, 0.25) is 12.5 Å². The lowest BCUT2D eigenvalue weighted by atomic mass is 9.82. The molecule has 1 aromatic rings. The van der Waals surface area contributed by atoms with Crippen LogP contribution < -0.4 is 19.5 Å². The summed E-state index contributed by atoms with van der Waals surface area (Å²) in [6.45, 7) is 5.99. The van der Waals surface area contributed by atoms with Crippen molar-refractivity contribution in [2.45, 2.75) is 45.1 Å². The van der Waals surface area contributed by atoms with Gasteiger partial charge in [0.15, 0.2) is 11.5 Å². The summed E-state index contributed by atoms with van der Waals surface area (Å²) in [5.74, 6) is 3.00. The Labute approximate surface area is 126 Å². The zero-order valence-corrected chi connectivity index (χ0v) is 13.2. The Hall–Kier alpha value is -1.42. The number of rotatable bonds is 5. The molecular weight excluding hydrogens is 266 g/mol. The Kier molecular flexibility index (Phi) is 3.98. The maximum atomic E-state index is 5.54. The van der Waals surface area contributed by atoms with Gasteiger partial charge in [0, 0.05) is 5.54 Å². The molecule has 0 aliphatic carbocycles. The number of hydrogen-bond donors (Lipinski definition) is 1. The van der Waals surface area contributed by atoms with E-state index in [1.54, 1.807) is 7.11 Å². The van der Waals surface area contributed by atoms with Crippen LogP contribution in [0.4, 0.5) is 0 Å². The minimum Gasteiger partial charge on any atom is -0.493 e. The van der Waals surface area contributed by atoms with Crippen LogP contribution in [0.2, 0.25) is 0 Å². The van der Waals surface area contributed by atoms with Crippen LogP contribution in [0, 0.1) is 5.92 Å². The molecule has 3 rings (SSSR count). The first-order chi connectivity index (χ1) is 10.1. The summed E-state index contributed by atoms with van der Waals surface area (Å²) in [7, 11) is 1.68. The van der Waals surface area contributed by atoms with E-state index in [4.69, 9.17) is 14.2 Å². The van der Waals surface area contributed by atoms with Crippen LogP contribution >= 0.6 is 0 Å². The highest BCUT2D eigenvalue weighted by molar-refractivity contribution is 5.55. The minimum atomic E-state index is 0.215. The van der Waals surface area contributed by atoms with Crippen LogP contribution in [0.25, 0.3) is 0 Å². The molecule has 21 heavy (non-hydrogen) atoms. The average Bonchev–Trinajstić information content (AvgIpc) is 3.06. The molecule has 0 bridgehead atoms. The first-order valence-corrected chi connectivity index (χ1v) is 7.83. The molecular formula is C17H25NO3. The average molecular weight is 291 g/mol. The Morgan fingerprint density at radius 1 is 1.33 bits per heavy atom. The van der Waals surface area contributed by atoms with Crippen molar-refractivity contribution in [2.75, 3.05) is 20.4 Å². The molecule has 1 fully saturated rings. The van der Waals surface area contributed by atoms with Crippen molar-refractivity contribution in [2.24, 2.45) is 5.92 Å². The molecule has 0 saturated carbocycles. The summed E-state index contributed by atoms with van der Waals surface area (Å²) in [6, 6.07) is 4.20. The van der Waals surface area contributed by atoms with E-state index in [1.807, 2.05) is 0 Å². The van der Waals surface area contributed by atoms with Gasteiger partial charge in [0.25, 0.3) is 0 Å². The van der Waals surface area contributed by atoms with Crippen molar-refractivity contribution in [3.05, 3.63) is 17.7 Å². The minimum absolute atomic E-state index is 0.215. The van der Waals surface area contributed by atoms with Crippen molar-refractivity contribution in [3.63, 3.8) is 0 Å². The maximum absolute atomic E-state index is 5.54. The smallest absolute Gasteiger partial charge is 0.231 e. The molecule has 4 nitrogen and oxygen atoms in total. The lowest BCUT2D eigenvalue weighted by Crippen LogP contribution is -2.43. The van der Waals surface area contributed by atoms with Gasteiger partial charge in [-0.1, -0.05) is 13.8 Å². The SMILES string of the molecule is COc1cc(CC2(CC(C)C)CCCN2)cc2c1OCO2. The highest BCUT2D eigenvalue weighted by Gasteiger charge is 2.34. The summed E-state index contributed by atoms with van der Waals surface area (Å²) >= 11 is 0. The van der Waals surface area contributed by atoms with E-state index in [2.05, 4.69) is 31.3 Å². The van der Waals surface area contributed by atoms with E-state index in [-0.39, 0.29) is 12.3 Å². The molecule has 0 radical (unpaired) electrons. The van der Waals surface area contributed by atoms with Crippen molar-refractivity contribution >= 4 is 0 Å². The van der Waals surface area contributed by atoms with Crippen molar-refractivity contribution < 1.29 is 14.2 Å². The third-order valence-corrected chi connectivity index (χ3v) is 4.39. The quantitative estimate of drug-likeness (QED) is 0.904. The van der Waals surface area contributed by atoms with Gasteiger partial charge in [0.1, 0.15) is 0 Å². The number of methoxy groups -OCH3 is 1. The van der Waals surface area contributed by atoms with Gasteiger partial charge in [0.05, 0.1) is 7.11 Å². The van der Waals surface area contributed by atoms with Crippen LogP contribution in [0.3, 0.4) is 0 Å². The predicted octanol–water partition coefficient (Wildman–Crippen LogP) is 3.13. The van der Waals surface area contributed by atoms with Gasteiger partial charge in [-0.3, -0.25) is 0 Å². The second-order valence-corrected chi connectivity index (χ2v) is 6.62. The molecule has 0 aromatic heterocycles. The van der Waals surface area contributed by atoms with Gasteiger partial charge in [-0.25, -0.2) is 0 Å². The van der Waals surface area contributed by atoms with Crippen LogP contribution in [0.5, 0.6) is 17.2 Å². The lowest BCUT2D eigenvalue weighted by Gasteiger charge is -2.32. The molecule has 2 heterocycles. The fourth-order valence-corrected chi connectivity index (χ4v) is 3.72. The van der Waals surface area contributed by atoms with Crippen LogP contribution in [0.1, 0.15) is 38.7 Å². The molecule has 0 amide bonds. The molecule has 2 aliphatic heterocycles. The number of hydrogen-bond acceptors (Lipinski definition) is 4. The Bertz CT molecular complexity index is 507. The van der Waals surface area contributed by atoms with Gasteiger partial charge >= 0.3 is 0 Å². The van der Waals surface area contributed by atoms with Crippen LogP contribution in [-0.2, 0) is 6.42 Å². The van der Waals surface area contributed by atoms with E-state index in [9.17, 15) is 0 Å². The molecule has 1 N–H and O–H groups in total.